The summed E-state index contributed by atoms with van der Waals surface area (Å²) < 4.78 is 8.86. The van der Waals surface area contributed by atoms with Gasteiger partial charge in [0.15, 0.2) is 5.58 Å². The van der Waals surface area contributed by atoms with E-state index in [0.717, 1.165) is 38.7 Å². The summed E-state index contributed by atoms with van der Waals surface area (Å²) in [4.78, 5) is 0. The van der Waals surface area contributed by atoms with Crippen molar-refractivity contribution in [3.63, 3.8) is 0 Å². The second kappa shape index (κ2) is 10.4. The zero-order valence-electron chi connectivity index (χ0n) is 27.1. The third kappa shape index (κ3) is 3.90. The average Bonchev–Trinajstić information content (AvgIpc) is 3.74. The van der Waals surface area contributed by atoms with Crippen LogP contribution in [0.5, 0.6) is 0 Å². The van der Waals surface area contributed by atoms with Gasteiger partial charge < -0.3 is 8.98 Å². The van der Waals surface area contributed by atoms with Crippen LogP contribution in [0.4, 0.5) is 0 Å². The van der Waals surface area contributed by atoms with Crippen LogP contribution in [-0.2, 0) is 0 Å². The summed E-state index contributed by atoms with van der Waals surface area (Å²) in [5.74, 6) is 0. The van der Waals surface area contributed by atoms with Crippen molar-refractivity contribution in [1.82, 2.24) is 4.57 Å². The van der Waals surface area contributed by atoms with Gasteiger partial charge in [-0.25, -0.2) is 0 Å². The molecule has 2 aromatic heterocycles. The van der Waals surface area contributed by atoms with Gasteiger partial charge in [0.25, 0.3) is 0 Å². The number of nitrogens with zero attached hydrogens (tertiary/aromatic N) is 1. The molecule has 2 heterocycles. The van der Waals surface area contributed by atoms with E-state index in [1.165, 1.54) is 65.3 Å². The molecule has 0 aliphatic heterocycles. The molecule has 0 N–H and O–H groups in total. The normalized spacial score (nSPS) is 12.0. The third-order valence-corrected chi connectivity index (χ3v) is 10.6. The van der Waals surface area contributed by atoms with Crippen LogP contribution in [0, 0.1) is 0 Å². The lowest BCUT2D eigenvalue weighted by Gasteiger charge is -2.13. The highest BCUT2D eigenvalue weighted by Gasteiger charge is 2.18. The zero-order chi connectivity index (χ0) is 32.8. The number of fused-ring (bicyclic) bond motifs is 12. The largest absolute Gasteiger partial charge is 0.454 e. The molecule has 2 heteroatoms. The molecule has 232 valence electrons. The van der Waals surface area contributed by atoms with Crippen LogP contribution in [0.25, 0.3) is 104 Å². The topological polar surface area (TPSA) is 18.1 Å². The predicted molar refractivity (Wildman–Crippen MR) is 211 cm³/mol. The van der Waals surface area contributed by atoms with Crippen molar-refractivity contribution in [3.8, 4) is 27.9 Å². The Bertz CT molecular complexity index is 3120. The number of hydrogen-bond acceptors (Lipinski definition) is 1. The molecular weight excluding hydrogens is 607 g/mol. The summed E-state index contributed by atoms with van der Waals surface area (Å²) in [6, 6.07) is 63.8. The first-order chi connectivity index (χ1) is 24.8. The highest BCUT2D eigenvalue weighted by molar-refractivity contribution is 6.25. The highest BCUT2D eigenvalue weighted by Crippen LogP contribution is 2.41. The second-order valence-electron chi connectivity index (χ2n) is 13.3. The smallest absolute Gasteiger partial charge is 0.159 e. The van der Waals surface area contributed by atoms with Crippen LogP contribution in [0.3, 0.4) is 0 Å². The number of rotatable bonds is 3. The fraction of sp³-hybridized carbons (Fsp3) is 0. The molecule has 0 aliphatic carbocycles. The van der Waals surface area contributed by atoms with Gasteiger partial charge in [0.1, 0.15) is 5.58 Å². The molecule has 0 aliphatic rings. The third-order valence-electron chi connectivity index (χ3n) is 10.6. The summed E-state index contributed by atoms with van der Waals surface area (Å²) in [5.41, 5.74) is 10.0. The van der Waals surface area contributed by atoms with E-state index >= 15 is 0 Å². The minimum Gasteiger partial charge on any atom is -0.454 e. The summed E-state index contributed by atoms with van der Waals surface area (Å²) in [6.45, 7) is 0. The fourth-order valence-electron chi connectivity index (χ4n) is 8.29. The van der Waals surface area contributed by atoms with Gasteiger partial charge in [-0.1, -0.05) is 133 Å². The molecule has 0 bridgehead atoms. The second-order valence-corrected chi connectivity index (χ2v) is 13.3. The van der Waals surface area contributed by atoms with Crippen molar-refractivity contribution in [2.75, 3.05) is 0 Å². The van der Waals surface area contributed by atoms with Crippen molar-refractivity contribution in [2.45, 2.75) is 0 Å². The van der Waals surface area contributed by atoms with E-state index in [2.05, 4.69) is 168 Å². The Morgan fingerprint density at radius 3 is 1.54 bits per heavy atom. The maximum Gasteiger partial charge on any atom is 0.159 e. The molecule has 0 saturated carbocycles. The molecule has 0 radical (unpaired) electrons. The van der Waals surface area contributed by atoms with E-state index in [1.807, 2.05) is 12.1 Å². The van der Waals surface area contributed by atoms with Crippen molar-refractivity contribution in [3.05, 3.63) is 176 Å². The lowest BCUT2D eigenvalue weighted by Crippen LogP contribution is -1.94. The fourth-order valence-corrected chi connectivity index (χ4v) is 8.29. The molecule has 0 amide bonds. The SMILES string of the molecule is c1cc(-c2ccc3c4ccccc4c4ccccc4c3c2)cc(-c2ccc3c(c2)c2ccccc2n3-c2cccc3c2oc2ccccc23)c1. The van der Waals surface area contributed by atoms with Crippen LogP contribution in [-0.4, -0.2) is 4.57 Å². The van der Waals surface area contributed by atoms with E-state index in [-0.39, 0.29) is 0 Å². The van der Waals surface area contributed by atoms with E-state index in [4.69, 9.17) is 4.42 Å². The summed E-state index contributed by atoms with van der Waals surface area (Å²) in [7, 11) is 0. The first-order valence-electron chi connectivity index (χ1n) is 17.2. The number of furan rings is 1. The van der Waals surface area contributed by atoms with Gasteiger partial charge in [-0.05, 0) is 97.0 Å². The minimum absolute atomic E-state index is 0.907. The average molecular weight is 636 g/mol. The predicted octanol–water partition coefficient (Wildman–Crippen LogP) is 13.5. The van der Waals surface area contributed by atoms with Gasteiger partial charge in [0.2, 0.25) is 0 Å². The standard InChI is InChI=1S/C48H29NO/c1-2-15-36-34(13-1)35-14-3-4-16-37(35)42-28-32(23-25-38(36)42)30-11-9-12-31(27-30)33-24-26-45-43(29-33)39-17-5-7-20-44(39)49(45)46-21-10-19-41-40-18-6-8-22-47(40)50-48(41)46/h1-29H. The monoisotopic (exact) mass is 635 g/mol. The molecule has 50 heavy (non-hydrogen) atoms. The van der Waals surface area contributed by atoms with E-state index in [9.17, 15) is 0 Å². The van der Waals surface area contributed by atoms with Crippen LogP contribution in [0.15, 0.2) is 180 Å². The molecule has 0 unspecified atom stereocenters. The van der Waals surface area contributed by atoms with Crippen LogP contribution >= 0.6 is 0 Å². The van der Waals surface area contributed by atoms with Gasteiger partial charge in [-0.2, -0.15) is 0 Å². The van der Waals surface area contributed by atoms with E-state index < -0.39 is 0 Å². The lowest BCUT2D eigenvalue weighted by atomic mass is 9.91. The maximum atomic E-state index is 6.50. The summed E-state index contributed by atoms with van der Waals surface area (Å²) in [5, 5.41) is 12.5. The molecule has 9 aromatic carbocycles. The Morgan fingerprint density at radius 1 is 0.300 bits per heavy atom. The molecule has 2 nitrogen and oxygen atoms in total. The maximum absolute atomic E-state index is 6.50. The van der Waals surface area contributed by atoms with Gasteiger partial charge in [-0.3, -0.25) is 0 Å². The van der Waals surface area contributed by atoms with E-state index in [1.54, 1.807) is 0 Å². The summed E-state index contributed by atoms with van der Waals surface area (Å²) in [6.07, 6.45) is 0. The van der Waals surface area contributed by atoms with Crippen molar-refractivity contribution in [2.24, 2.45) is 0 Å². The Hall–Kier alpha value is -6.64. The Morgan fingerprint density at radius 2 is 0.800 bits per heavy atom. The molecular formula is C48H29NO. The van der Waals surface area contributed by atoms with Crippen LogP contribution in [0.1, 0.15) is 0 Å². The van der Waals surface area contributed by atoms with Gasteiger partial charge in [0.05, 0.1) is 16.7 Å². The van der Waals surface area contributed by atoms with Gasteiger partial charge in [0, 0.05) is 21.5 Å². The highest BCUT2D eigenvalue weighted by atomic mass is 16.3. The minimum atomic E-state index is 0.907. The zero-order valence-corrected chi connectivity index (χ0v) is 27.1. The van der Waals surface area contributed by atoms with Gasteiger partial charge in [-0.15, -0.1) is 0 Å². The molecule has 11 rings (SSSR count). The Kier molecular flexibility index (Phi) is 5.70. The van der Waals surface area contributed by atoms with Crippen LogP contribution in [0.2, 0.25) is 0 Å². The number of para-hydroxylation sites is 3. The Balaban J connectivity index is 1.07. The number of benzene rings is 9. The Labute approximate surface area is 288 Å². The first kappa shape index (κ1) is 27.3. The van der Waals surface area contributed by atoms with E-state index in [0.29, 0.717) is 0 Å². The quantitative estimate of drug-likeness (QED) is 0.177. The molecule has 0 atom stereocenters. The summed E-state index contributed by atoms with van der Waals surface area (Å²) >= 11 is 0. The molecule has 0 fully saturated rings. The van der Waals surface area contributed by atoms with Crippen molar-refractivity contribution >= 4 is 76.1 Å². The van der Waals surface area contributed by atoms with Crippen LogP contribution < -0.4 is 0 Å². The number of hydrogen-bond donors (Lipinski definition) is 0. The van der Waals surface area contributed by atoms with Crippen molar-refractivity contribution < 1.29 is 4.42 Å². The molecule has 11 aromatic rings. The van der Waals surface area contributed by atoms with Crippen molar-refractivity contribution in [1.29, 1.82) is 0 Å². The molecule has 0 saturated heterocycles. The molecule has 0 spiro atoms. The van der Waals surface area contributed by atoms with Gasteiger partial charge >= 0.3 is 0 Å². The first-order valence-corrected chi connectivity index (χ1v) is 17.2. The number of aromatic nitrogens is 1. The lowest BCUT2D eigenvalue weighted by molar-refractivity contribution is 0.666.